The molecule has 0 spiro atoms. The molecule has 1 aromatic carbocycles. The molecule has 2 heterocycles. The van der Waals surface area contributed by atoms with Crippen LogP contribution in [-0.2, 0) is 4.74 Å². The number of primary amides is 1. The summed E-state index contributed by atoms with van der Waals surface area (Å²) < 4.78 is 5.47. The molecule has 2 aliphatic heterocycles. The summed E-state index contributed by atoms with van der Waals surface area (Å²) in [6, 6.07) is 5.88. The standard InChI is InChI=1S/C18H26N2O2/c1-13-3-2-4-16(18(19)21)17(13)15-5-8-20(9-6-15)11-14-7-10-22-12-14/h2-4,14-15H,5-12H2,1H3,(H2,19,21). The number of piperidine rings is 1. The highest BCUT2D eigenvalue weighted by Gasteiger charge is 2.27. The maximum Gasteiger partial charge on any atom is 0.248 e. The number of likely N-dealkylation sites (tertiary alicyclic amines) is 1. The topological polar surface area (TPSA) is 55.6 Å². The van der Waals surface area contributed by atoms with Gasteiger partial charge < -0.3 is 15.4 Å². The molecule has 4 heteroatoms. The first kappa shape index (κ1) is 15.5. The molecule has 4 nitrogen and oxygen atoms in total. The van der Waals surface area contributed by atoms with Gasteiger partial charge in [-0.25, -0.2) is 0 Å². The molecule has 0 aromatic heterocycles. The second-order valence-corrected chi connectivity index (χ2v) is 6.70. The summed E-state index contributed by atoms with van der Waals surface area (Å²) in [4.78, 5) is 14.3. The Kier molecular flexibility index (Phi) is 4.79. The number of carbonyl (C=O) groups excluding carboxylic acids is 1. The van der Waals surface area contributed by atoms with Crippen LogP contribution in [0.1, 0.15) is 46.7 Å². The van der Waals surface area contributed by atoms with Gasteiger partial charge in [-0.05, 0) is 68.3 Å². The molecule has 0 bridgehead atoms. The number of carbonyl (C=O) groups is 1. The van der Waals surface area contributed by atoms with Crippen LogP contribution in [0.4, 0.5) is 0 Å². The number of hydrogen-bond donors (Lipinski definition) is 1. The van der Waals surface area contributed by atoms with E-state index in [-0.39, 0.29) is 5.91 Å². The summed E-state index contributed by atoms with van der Waals surface area (Å²) in [5.41, 5.74) is 8.65. The molecule has 2 aliphatic rings. The Morgan fingerprint density at radius 3 is 2.73 bits per heavy atom. The Labute approximate surface area is 132 Å². The van der Waals surface area contributed by atoms with Crippen molar-refractivity contribution in [2.45, 2.75) is 32.1 Å². The van der Waals surface area contributed by atoms with Gasteiger partial charge in [0.1, 0.15) is 0 Å². The van der Waals surface area contributed by atoms with Crippen LogP contribution >= 0.6 is 0 Å². The van der Waals surface area contributed by atoms with E-state index in [2.05, 4.69) is 17.9 Å². The third kappa shape index (κ3) is 3.33. The molecule has 2 saturated heterocycles. The van der Waals surface area contributed by atoms with E-state index in [0.29, 0.717) is 17.4 Å². The summed E-state index contributed by atoms with van der Waals surface area (Å²) in [6.07, 6.45) is 3.42. The fourth-order valence-electron chi connectivity index (χ4n) is 3.93. The second-order valence-electron chi connectivity index (χ2n) is 6.70. The molecular weight excluding hydrogens is 276 g/mol. The third-order valence-corrected chi connectivity index (χ3v) is 5.13. The molecule has 3 rings (SSSR count). The minimum absolute atomic E-state index is 0.302. The van der Waals surface area contributed by atoms with Crippen molar-refractivity contribution in [2.24, 2.45) is 11.7 Å². The molecule has 1 unspecified atom stereocenters. The average Bonchev–Trinajstić information content (AvgIpc) is 3.01. The van der Waals surface area contributed by atoms with Crippen molar-refractivity contribution in [1.82, 2.24) is 4.90 Å². The molecule has 1 amide bonds. The van der Waals surface area contributed by atoms with E-state index in [1.165, 1.54) is 17.5 Å². The lowest BCUT2D eigenvalue weighted by atomic mass is 9.83. The average molecular weight is 302 g/mol. The molecule has 22 heavy (non-hydrogen) atoms. The van der Waals surface area contributed by atoms with E-state index in [1.54, 1.807) is 0 Å². The van der Waals surface area contributed by atoms with Gasteiger partial charge in [0.15, 0.2) is 0 Å². The molecule has 0 radical (unpaired) electrons. The zero-order valence-corrected chi connectivity index (χ0v) is 13.4. The summed E-state index contributed by atoms with van der Waals surface area (Å²) >= 11 is 0. The zero-order chi connectivity index (χ0) is 15.5. The second kappa shape index (κ2) is 6.80. The van der Waals surface area contributed by atoms with Crippen molar-refractivity contribution in [2.75, 3.05) is 32.8 Å². The fourth-order valence-corrected chi connectivity index (χ4v) is 3.93. The Hall–Kier alpha value is -1.39. The van der Waals surface area contributed by atoms with Gasteiger partial charge in [0.2, 0.25) is 5.91 Å². The number of rotatable bonds is 4. The monoisotopic (exact) mass is 302 g/mol. The van der Waals surface area contributed by atoms with E-state index >= 15 is 0 Å². The molecule has 2 fully saturated rings. The molecule has 0 aliphatic carbocycles. The molecule has 0 saturated carbocycles. The quantitative estimate of drug-likeness (QED) is 0.928. The Morgan fingerprint density at radius 2 is 2.09 bits per heavy atom. The summed E-state index contributed by atoms with van der Waals surface area (Å²) in [7, 11) is 0. The first-order valence-corrected chi connectivity index (χ1v) is 8.34. The Bertz CT molecular complexity index is 530. The first-order chi connectivity index (χ1) is 10.6. The lowest BCUT2D eigenvalue weighted by Crippen LogP contribution is -2.37. The van der Waals surface area contributed by atoms with Crippen molar-refractivity contribution < 1.29 is 9.53 Å². The van der Waals surface area contributed by atoms with Crippen LogP contribution in [-0.4, -0.2) is 43.7 Å². The molecule has 1 atom stereocenters. The van der Waals surface area contributed by atoms with Gasteiger partial charge >= 0.3 is 0 Å². The van der Waals surface area contributed by atoms with Crippen LogP contribution in [0.15, 0.2) is 18.2 Å². The minimum atomic E-state index is -0.302. The highest BCUT2D eigenvalue weighted by molar-refractivity contribution is 5.94. The third-order valence-electron chi connectivity index (χ3n) is 5.13. The van der Waals surface area contributed by atoms with Crippen LogP contribution in [0.2, 0.25) is 0 Å². The number of amides is 1. The number of benzene rings is 1. The van der Waals surface area contributed by atoms with Gasteiger partial charge in [-0.15, -0.1) is 0 Å². The van der Waals surface area contributed by atoms with Crippen molar-refractivity contribution in [3.8, 4) is 0 Å². The molecule has 2 N–H and O–H groups in total. The van der Waals surface area contributed by atoms with Crippen molar-refractivity contribution >= 4 is 5.91 Å². The first-order valence-electron chi connectivity index (χ1n) is 8.34. The largest absolute Gasteiger partial charge is 0.381 e. The van der Waals surface area contributed by atoms with E-state index in [0.717, 1.165) is 45.7 Å². The van der Waals surface area contributed by atoms with Gasteiger partial charge in [-0.2, -0.15) is 0 Å². The Morgan fingerprint density at radius 1 is 1.32 bits per heavy atom. The van der Waals surface area contributed by atoms with Gasteiger partial charge in [-0.1, -0.05) is 12.1 Å². The van der Waals surface area contributed by atoms with E-state index in [4.69, 9.17) is 10.5 Å². The van der Waals surface area contributed by atoms with Crippen LogP contribution in [0.3, 0.4) is 0 Å². The Balaban J connectivity index is 1.65. The van der Waals surface area contributed by atoms with Gasteiger partial charge in [0, 0.05) is 18.7 Å². The van der Waals surface area contributed by atoms with E-state index in [1.807, 2.05) is 12.1 Å². The smallest absolute Gasteiger partial charge is 0.248 e. The number of hydrogen-bond acceptors (Lipinski definition) is 3. The lowest BCUT2D eigenvalue weighted by Gasteiger charge is -2.34. The summed E-state index contributed by atoms with van der Waals surface area (Å²) in [5.74, 6) is 0.861. The van der Waals surface area contributed by atoms with Crippen LogP contribution in [0.5, 0.6) is 0 Å². The molecular formula is C18H26N2O2. The highest BCUT2D eigenvalue weighted by atomic mass is 16.5. The van der Waals surface area contributed by atoms with Crippen molar-refractivity contribution in [1.29, 1.82) is 0 Å². The maximum atomic E-state index is 11.7. The van der Waals surface area contributed by atoms with Crippen LogP contribution in [0, 0.1) is 12.8 Å². The van der Waals surface area contributed by atoms with Crippen LogP contribution in [0.25, 0.3) is 0 Å². The van der Waals surface area contributed by atoms with E-state index < -0.39 is 0 Å². The lowest BCUT2D eigenvalue weighted by molar-refractivity contribution is 0.0997. The number of nitrogens with two attached hydrogens (primary N) is 1. The predicted molar refractivity (Wildman–Crippen MR) is 87.0 cm³/mol. The SMILES string of the molecule is Cc1cccc(C(N)=O)c1C1CCN(CC2CCOC2)CC1. The fraction of sp³-hybridized carbons (Fsp3) is 0.611. The summed E-state index contributed by atoms with van der Waals surface area (Å²) in [6.45, 7) is 7.30. The zero-order valence-electron chi connectivity index (χ0n) is 13.4. The number of aryl methyl sites for hydroxylation is 1. The van der Waals surface area contributed by atoms with Gasteiger partial charge in [0.05, 0.1) is 6.61 Å². The van der Waals surface area contributed by atoms with E-state index in [9.17, 15) is 4.79 Å². The molecule has 1 aromatic rings. The van der Waals surface area contributed by atoms with Gasteiger partial charge in [0.25, 0.3) is 0 Å². The number of ether oxygens (including phenoxy) is 1. The minimum Gasteiger partial charge on any atom is -0.381 e. The summed E-state index contributed by atoms with van der Waals surface area (Å²) in [5, 5.41) is 0. The number of nitrogens with zero attached hydrogens (tertiary/aromatic N) is 1. The highest BCUT2D eigenvalue weighted by Crippen LogP contribution is 2.33. The van der Waals surface area contributed by atoms with Crippen molar-refractivity contribution in [3.63, 3.8) is 0 Å². The van der Waals surface area contributed by atoms with Crippen molar-refractivity contribution in [3.05, 3.63) is 34.9 Å². The molecule has 120 valence electrons. The van der Waals surface area contributed by atoms with Crippen LogP contribution < -0.4 is 5.73 Å². The van der Waals surface area contributed by atoms with Gasteiger partial charge in [-0.3, -0.25) is 4.79 Å². The predicted octanol–water partition coefficient (Wildman–Crippen LogP) is 2.31. The maximum absolute atomic E-state index is 11.7. The normalized spacial score (nSPS) is 23.8.